The molecule has 15 heavy (non-hydrogen) atoms. The van der Waals surface area contributed by atoms with E-state index in [1.165, 1.54) is 19.2 Å². The molecule has 2 heterocycles. The van der Waals surface area contributed by atoms with Gasteiger partial charge in [-0.1, -0.05) is 0 Å². The van der Waals surface area contributed by atoms with Crippen molar-refractivity contribution in [3.63, 3.8) is 0 Å². The zero-order valence-corrected chi connectivity index (χ0v) is 8.16. The Bertz CT molecular complexity index is 417. The molecule has 0 bridgehead atoms. The van der Waals surface area contributed by atoms with Gasteiger partial charge >= 0.3 is 5.97 Å². The van der Waals surface area contributed by atoms with Gasteiger partial charge in [0.15, 0.2) is 5.67 Å². The van der Waals surface area contributed by atoms with E-state index in [-0.39, 0.29) is 18.8 Å². The van der Waals surface area contributed by atoms with E-state index in [0.29, 0.717) is 11.3 Å². The lowest BCUT2D eigenvalue weighted by Crippen LogP contribution is -2.30. The molecule has 1 unspecified atom stereocenters. The largest absolute Gasteiger partial charge is 0.478 e. The Labute approximate surface area is 85.7 Å². The second-order valence-electron chi connectivity index (χ2n) is 3.71. The number of carboxylic acids is 1. The standard InChI is InChI=1S/C10H10FNO3/c1-10(11)5-15-4-8-7(10)2-6(3-12-8)9(13)14/h2-3H,4-5H2,1H3,(H,13,14). The number of rotatable bonds is 1. The minimum absolute atomic E-state index is 0.000440. The number of halogens is 1. The number of aromatic nitrogens is 1. The summed E-state index contributed by atoms with van der Waals surface area (Å²) in [5.74, 6) is -1.10. The minimum Gasteiger partial charge on any atom is -0.478 e. The summed E-state index contributed by atoms with van der Waals surface area (Å²) >= 11 is 0. The lowest BCUT2D eigenvalue weighted by atomic mass is 9.94. The highest BCUT2D eigenvalue weighted by molar-refractivity contribution is 5.87. The van der Waals surface area contributed by atoms with Crippen LogP contribution in [0.1, 0.15) is 28.5 Å². The normalized spacial score (nSPS) is 24.7. The third-order valence-electron chi connectivity index (χ3n) is 2.39. The summed E-state index contributed by atoms with van der Waals surface area (Å²) in [4.78, 5) is 14.6. The molecule has 0 fully saturated rings. The van der Waals surface area contributed by atoms with Gasteiger partial charge in [-0.25, -0.2) is 9.18 Å². The molecule has 0 aromatic carbocycles. The second-order valence-corrected chi connectivity index (χ2v) is 3.71. The average molecular weight is 211 g/mol. The van der Waals surface area contributed by atoms with E-state index in [2.05, 4.69) is 4.98 Å². The van der Waals surface area contributed by atoms with Gasteiger partial charge in [0.1, 0.15) is 0 Å². The molecule has 80 valence electrons. The molecule has 0 aliphatic carbocycles. The van der Waals surface area contributed by atoms with Crippen molar-refractivity contribution in [2.24, 2.45) is 0 Å². The SMILES string of the molecule is CC1(F)COCc2ncc(C(=O)O)cc21. The van der Waals surface area contributed by atoms with Crippen molar-refractivity contribution < 1.29 is 19.0 Å². The van der Waals surface area contributed by atoms with Crippen LogP contribution in [0.2, 0.25) is 0 Å². The van der Waals surface area contributed by atoms with E-state index < -0.39 is 11.6 Å². The van der Waals surface area contributed by atoms with Crippen molar-refractivity contribution in [1.82, 2.24) is 4.98 Å². The van der Waals surface area contributed by atoms with Gasteiger partial charge in [-0.05, 0) is 13.0 Å². The van der Waals surface area contributed by atoms with Crippen LogP contribution in [0.5, 0.6) is 0 Å². The molecule has 1 N–H and O–H groups in total. The molecule has 1 aliphatic heterocycles. The number of hydrogen-bond acceptors (Lipinski definition) is 3. The minimum atomic E-state index is -1.66. The van der Waals surface area contributed by atoms with E-state index >= 15 is 0 Å². The van der Waals surface area contributed by atoms with E-state index in [1.807, 2.05) is 0 Å². The molecule has 2 rings (SSSR count). The summed E-state index contributed by atoms with van der Waals surface area (Å²) < 4.78 is 19.0. The molecule has 4 nitrogen and oxygen atoms in total. The Hall–Kier alpha value is -1.49. The number of nitrogens with zero attached hydrogens (tertiary/aromatic N) is 1. The molecule has 0 saturated heterocycles. The number of hydrogen-bond donors (Lipinski definition) is 1. The zero-order chi connectivity index (χ0) is 11.1. The van der Waals surface area contributed by atoms with Crippen LogP contribution in [0.25, 0.3) is 0 Å². The van der Waals surface area contributed by atoms with Crippen molar-refractivity contribution in [1.29, 1.82) is 0 Å². The maximum absolute atomic E-state index is 13.9. The topological polar surface area (TPSA) is 59.4 Å². The molecule has 1 atom stereocenters. The maximum Gasteiger partial charge on any atom is 0.337 e. The highest BCUT2D eigenvalue weighted by Gasteiger charge is 2.34. The zero-order valence-electron chi connectivity index (χ0n) is 8.16. The van der Waals surface area contributed by atoms with Crippen molar-refractivity contribution in [2.75, 3.05) is 6.61 Å². The Morgan fingerprint density at radius 3 is 3.13 bits per heavy atom. The predicted octanol–water partition coefficient (Wildman–Crippen LogP) is 1.49. The smallest absolute Gasteiger partial charge is 0.337 e. The van der Waals surface area contributed by atoms with Gasteiger partial charge in [0.05, 0.1) is 24.5 Å². The summed E-state index contributed by atoms with van der Waals surface area (Å²) in [5.41, 5.74) is -0.879. The summed E-state index contributed by atoms with van der Waals surface area (Å²) in [7, 11) is 0. The molecule has 0 radical (unpaired) electrons. The van der Waals surface area contributed by atoms with Crippen LogP contribution in [0.15, 0.2) is 12.3 Å². The number of ether oxygens (including phenoxy) is 1. The molecule has 0 spiro atoms. The Balaban J connectivity index is 2.53. The van der Waals surface area contributed by atoms with Gasteiger partial charge in [-0.15, -0.1) is 0 Å². The van der Waals surface area contributed by atoms with Crippen molar-refractivity contribution in [2.45, 2.75) is 19.2 Å². The molecular weight excluding hydrogens is 201 g/mol. The molecule has 1 aromatic rings. The highest BCUT2D eigenvalue weighted by Crippen LogP contribution is 2.32. The van der Waals surface area contributed by atoms with Crippen molar-refractivity contribution in [3.05, 3.63) is 29.1 Å². The number of alkyl halides is 1. The number of carbonyl (C=O) groups is 1. The Morgan fingerprint density at radius 2 is 2.47 bits per heavy atom. The lowest BCUT2D eigenvalue weighted by molar-refractivity contribution is -0.00695. The third kappa shape index (κ3) is 1.70. The van der Waals surface area contributed by atoms with Crippen molar-refractivity contribution >= 4 is 5.97 Å². The quantitative estimate of drug-likeness (QED) is 0.764. The fourth-order valence-electron chi connectivity index (χ4n) is 1.59. The number of pyridine rings is 1. The Kier molecular flexibility index (Phi) is 2.19. The third-order valence-corrected chi connectivity index (χ3v) is 2.39. The van der Waals surface area contributed by atoms with Crippen LogP contribution in [-0.2, 0) is 17.0 Å². The van der Waals surface area contributed by atoms with Crippen LogP contribution in [0, 0.1) is 0 Å². The first kappa shape index (κ1) is 10.0. The van der Waals surface area contributed by atoms with Gasteiger partial charge in [0, 0.05) is 11.8 Å². The number of carboxylic acid groups (broad SMARTS) is 1. The van der Waals surface area contributed by atoms with Crippen molar-refractivity contribution in [3.8, 4) is 0 Å². The fraction of sp³-hybridized carbons (Fsp3) is 0.400. The molecule has 0 amide bonds. The first-order valence-electron chi connectivity index (χ1n) is 4.50. The number of fused-ring (bicyclic) bond motifs is 1. The maximum atomic E-state index is 13.9. The predicted molar refractivity (Wildman–Crippen MR) is 49.3 cm³/mol. The van der Waals surface area contributed by atoms with Gasteiger partial charge < -0.3 is 9.84 Å². The first-order chi connectivity index (χ1) is 7.00. The molecular formula is C10H10FNO3. The van der Waals surface area contributed by atoms with E-state index in [9.17, 15) is 9.18 Å². The van der Waals surface area contributed by atoms with Gasteiger partial charge in [0.25, 0.3) is 0 Å². The molecule has 0 saturated carbocycles. The van der Waals surface area contributed by atoms with Gasteiger partial charge in [0.2, 0.25) is 0 Å². The van der Waals surface area contributed by atoms with Crippen LogP contribution < -0.4 is 0 Å². The first-order valence-corrected chi connectivity index (χ1v) is 4.50. The van der Waals surface area contributed by atoms with E-state index in [4.69, 9.17) is 9.84 Å². The fourth-order valence-corrected chi connectivity index (χ4v) is 1.59. The van der Waals surface area contributed by atoms with E-state index in [0.717, 1.165) is 0 Å². The van der Waals surface area contributed by atoms with Crippen LogP contribution >= 0.6 is 0 Å². The van der Waals surface area contributed by atoms with Crippen LogP contribution in [0.4, 0.5) is 4.39 Å². The number of aromatic carboxylic acids is 1. The molecule has 5 heteroatoms. The van der Waals surface area contributed by atoms with Crippen LogP contribution in [-0.4, -0.2) is 22.7 Å². The molecule has 1 aromatic heterocycles. The summed E-state index contributed by atoms with van der Waals surface area (Å²) in [6.45, 7) is 1.53. The second kappa shape index (κ2) is 3.27. The van der Waals surface area contributed by atoms with Gasteiger partial charge in [-0.2, -0.15) is 0 Å². The van der Waals surface area contributed by atoms with Crippen LogP contribution in [0.3, 0.4) is 0 Å². The Morgan fingerprint density at radius 1 is 1.73 bits per heavy atom. The summed E-state index contributed by atoms with van der Waals surface area (Å²) in [6, 6.07) is 1.33. The molecule has 1 aliphatic rings. The highest BCUT2D eigenvalue weighted by atomic mass is 19.1. The lowest BCUT2D eigenvalue weighted by Gasteiger charge is -2.27. The summed E-state index contributed by atoms with van der Waals surface area (Å²) in [6.07, 6.45) is 1.21. The monoisotopic (exact) mass is 211 g/mol. The average Bonchev–Trinajstić information content (AvgIpc) is 2.17. The summed E-state index contributed by atoms with van der Waals surface area (Å²) in [5, 5.41) is 8.76. The van der Waals surface area contributed by atoms with Gasteiger partial charge in [-0.3, -0.25) is 4.98 Å². The van der Waals surface area contributed by atoms with E-state index in [1.54, 1.807) is 0 Å².